The molecule has 0 atom stereocenters. The van der Waals surface area contributed by atoms with E-state index in [1.165, 1.54) is 18.7 Å². The van der Waals surface area contributed by atoms with Gasteiger partial charge in [0.25, 0.3) is 0 Å². The van der Waals surface area contributed by atoms with Crippen LogP contribution >= 0.6 is 0 Å². The predicted molar refractivity (Wildman–Crippen MR) is 69.8 cm³/mol. The Balaban J connectivity index is 2.46. The molecular formula is C12H16N4O4. The minimum atomic E-state index is -0.992. The van der Waals surface area contributed by atoms with Crippen LogP contribution in [0.15, 0.2) is 18.7 Å². The zero-order valence-corrected chi connectivity index (χ0v) is 11.2. The maximum absolute atomic E-state index is 11.6. The van der Waals surface area contributed by atoms with E-state index in [1.807, 2.05) is 0 Å². The molecule has 0 aliphatic carbocycles. The summed E-state index contributed by atoms with van der Waals surface area (Å²) < 4.78 is 0. The third kappa shape index (κ3) is 5.89. The average molecular weight is 280 g/mol. The van der Waals surface area contributed by atoms with E-state index in [0.29, 0.717) is 5.69 Å². The van der Waals surface area contributed by atoms with E-state index in [4.69, 9.17) is 5.11 Å². The van der Waals surface area contributed by atoms with Crippen molar-refractivity contribution in [3.05, 3.63) is 18.7 Å². The molecule has 20 heavy (non-hydrogen) atoms. The molecule has 0 spiro atoms. The highest BCUT2D eigenvalue weighted by Gasteiger charge is 2.25. The third-order valence-corrected chi connectivity index (χ3v) is 2.34. The first-order chi connectivity index (χ1) is 9.28. The number of carboxylic acid groups (broad SMARTS) is 1. The highest BCUT2D eigenvalue weighted by Crippen LogP contribution is 2.24. The molecule has 0 aromatic carbocycles. The molecule has 0 fully saturated rings. The van der Waals surface area contributed by atoms with Gasteiger partial charge in [-0.2, -0.15) is 0 Å². The number of hydrogen-bond donors (Lipinski definition) is 3. The predicted octanol–water partition coefficient (Wildman–Crippen LogP) is 1.02. The number of imide groups is 1. The summed E-state index contributed by atoms with van der Waals surface area (Å²) in [5.74, 6) is -1.54. The highest BCUT2D eigenvalue weighted by molar-refractivity contribution is 6.01. The summed E-state index contributed by atoms with van der Waals surface area (Å²) in [7, 11) is 0. The molecule has 0 saturated carbocycles. The average Bonchev–Trinajstić information content (AvgIpc) is 2.26. The Morgan fingerprint density at radius 2 is 1.80 bits per heavy atom. The standard InChI is InChI=1S/C12H16N4O4/c1-12(2,4-10(18)19)3-9(17)16-11(20)15-8-5-13-7-14-6-8/h5-7H,3-4H2,1-2H3,(H,18,19)(H2,15,16,17,20). The molecule has 1 heterocycles. The van der Waals surface area contributed by atoms with Crippen LogP contribution in [0.5, 0.6) is 0 Å². The van der Waals surface area contributed by atoms with Gasteiger partial charge in [0.1, 0.15) is 6.33 Å². The van der Waals surface area contributed by atoms with E-state index in [9.17, 15) is 14.4 Å². The Morgan fingerprint density at radius 1 is 1.20 bits per heavy atom. The number of carbonyl (C=O) groups excluding carboxylic acids is 2. The van der Waals surface area contributed by atoms with Gasteiger partial charge in [-0.1, -0.05) is 13.8 Å². The normalized spacial score (nSPS) is 10.7. The smallest absolute Gasteiger partial charge is 0.325 e. The maximum atomic E-state index is 11.6. The number of nitrogens with zero attached hydrogens (tertiary/aromatic N) is 2. The number of anilines is 1. The summed E-state index contributed by atoms with van der Waals surface area (Å²) in [4.78, 5) is 41.2. The molecule has 0 aliphatic rings. The van der Waals surface area contributed by atoms with Crippen molar-refractivity contribution in [2.24, 2.45) is 5.41 Å². The molecule has 0 unspecified atom stereocenters. The van der Waals surface area contributed by atoms with Gasteiger partial charge in [0.15, 0.2) is 0 Å². The first-order valence-electron chi connectivity index (χ1n) is 5.86. The molecule has 3 amide bonds. The third-order valence-electron chi connectivity index (χ3n) is 2.34. The fourth-order valence-corrected chi connectivity index (χ4v) is 1.60. The molecule has 0 bridgehead atoms. The van der Waals surface area contributed by atoms with Crippen molar-refractivity contribution in [2.45, 2.75) is 26.7 Å². The number of carboxylic acids is 1. The topological polar surface area (TPSA) is 121 Å². The number of hydrogen-bond acceptors (Lipinski definition) is 5. The first-order valence-corrected chi connectivity index (χ1v) is 5.86. The van der Waals surface area contributed by atoms with Gasteiger partial charge in [-0.25, -0.2) is 14.8 Å². The van der Waals surface area contributed by atoms with E-state index in [2.05, 4.69) is 20.6 Å². The van der Waals surface area contributed by atoms with Crippen LogP contribution in [0.3, 0.4) is 0 Å². The Hall–Kier alpha value is -2.51. The molecule has 108 valence electrons. The van der Waals surface area contributed by atoms with Crippen LogP contribution in [0.2, 0.25) is 0 Å². The quantitative estimate of drug-likeness (QED) is 0.740. The van der Waals surface area contributed by atoms with Crippen molar-refractivity contribution in [2.75, 3.05) is 5.32 Å². The van der Waals surface area contributed by atoms with Gasteiger partial charge < -0.3 is 10.4 Å². The number of carbonyl (C=O) groups is 3. The molecule has 0 radical (unpaired) electrons. The van der Waals surface area contributed by atoms with E-state index in [1.54, 1.807) is 13.8 Å². The number of aliphatic carboxylic acids is 1. The summed E-state index contributed by atoms with van der Waals surface area (Å²) in [5, 5.41) is 13.2. The first kappa shape index (κ1) is 15.5. The zero-order valence-electron chi connectivity index (χ0n) is 11.2. The van der Waals surface area contributed by atoms with Crippen molar-refractivity contribution >= 4 is 23.6 Å². The molecule has 3 N–H and O–H groups in total. The number of rotatable bonds is 5. The van der Waals surface area contributed by atoms with Gasteiger partial charge in [-0.05, 0) is 5.41 Å². The van der Waals surface area contributed by atoms with Crippen LogP contribution in [0.25, 0.3) is 0 Å². The number of nitrogens with one attached hydrogen (secondary N) is 2. The van der Waals surface area contributed by atoms with E-state index in [0.717, 1.165) is 0 Å². The molecule has 1 aromatic rings. The summed E-state index contributed by atoms with van der Waals surface area (Å²) in [5.41, 5.74) is -0.380. The Bertz CT molecular complexity index is 501. The second kappa shape index (κ2) is 6.60. The summed E-state index contributed by atoms with van der Waals surface area (Å²) in [6.07, 6.45) is 3.84. The Labute approximate surface area is 115 Å². The van der Waals surface area contributed by atoms with Gasteiger partial charge in [0.2, 0.25) is 5.91 Å². The lowest BCUT2D eigenvalue weighted by atomic mass is 9.85. The minimum Gasteiger partial charge on any atom is -0.481 e. The van der Waals surface area contributed by atoms with Crippen molar-refractivity contribution in [3.8, 4) is 0 Å². The highest BCUT2D eigenvalue weighted by atomic mass is 16.4. The van der Waals surface area contributed by atoms with Crippen LogP contribution < -0.4 is 10.6 Å². The number of urea groups is 1. The molecule has 1 rings (SSSR count). The maximum Gasteiger partial charge on any atom is 0.325 e. The molecule has 8 heteroatoms. The number of aromatic nitrogens is 2. The SMILES string of the molecule is CC(C)(CC(=O)O)CC(=O)NC(=O)Nc1cncnc1. The van der Waals surface area contributed by atoms with Crippen molar-refractivity contribution in [1.82, 2.24) is 15.3 Å². The van der Waals surface area contributed by atoms with Crippen LogP contribution in [0.1, 0.15) is 26.7 Å². The van der Waals surface area contributed by atoms with Crippen LogP contribution in [-0.2, 0) is 9.59 Å². The molecular weight excluding hydrogens is 264 g/mol. The van der Waals surface area contributed by atoms with Gasteiger partial charge in [-0.15, -0.1) is 0 Å². The van der Waals surface area contributed by atoms with Crippen molar-refractivity contribution in [3.63, 3.8) is 0 Å². The van der Waals surface area contributed by atoms with Crippen LogP contribution in [-0.4, -0.2) is 33.0 Å². The molecule has 0 aliphatic heterocycles. The van der Waals surface area contributed by atoms with Gasteiger partial charge in [0.05, 0.1) is 24.5 Å². The van der Waals surface area contributed by atoms with E-state index < -0.39 is 23.3 Å². The Morgan fingerprint density at radius 3 is 2.35 bits per heavy atom. The van der Waals surface area contributed by atoms with E-state index in [-0.39, 0.29) is 12.8 Å². The van der Waals surface area contributed by atoms with E-state index >= 15 is 0 Å². The Kier molecular flexibility index (Phi) is 5.13. The molecule has 1 aromatic heterocycles. The lowest BCUT2D eigenvalue weighted by Gasteiger charge is -2.21. The largest absolute Gasteiger partial charge is 0.481 e. The van der Waals surface area contributed by atoms with Gasteiger partial charge in [0, 0.05) is 6.42 Å². The minimum absolute atomic E-state index is 0.0714. The van der Waals surface area contributed by atoms with Crippen molar-refractivity contribution < 1.29 is 19.5 Å². The number of amides is 3. The van der Waals surface area contributed by atoms with Crippen LogP contribution in [0, 0.1) is 5.41 Å². The fourth-order valence-electron chi connectivity index (χ4n) is 1.60. The van der Waals surface area contributed by atoms with Crippen LogP contribution in [0.4, 0.5) is 10.5 Å². The summed E-state index contributed by atoms with van der Waals surface area (Å²) in [6.45, 7) is 3.29. The van der Waals surface area contributed by atoms with Gasteiger partial charge in [-0.3, -0.25) is 14.9 Å². The zero-order chi connectivity index (χ0) is 15.2. The molecule has 0 saturated heterocycles. The molecule has 8 nitrogen and oxygen atoms in total. The lowest BCUT2D eigenvalue weighted by Crippen LogP contribution is -2.37. The summed E-state index contributed by atoms with van der Waals surface area (Å²) in [6, 6.07) is -0.712. The second-order valence-electron chi connectivity index (χ2n) is 5.04. The summed E-state index contributed by atoms with van der Waals surface area (Å²) >= 11 is 0. The van der Waals surface area contributed by atoms with Gasteiger partial charge >= 0.3 is 12.0 Å². The monoisotopic (exact) mass is 280 g/mol. The lowest BCUT2D eigenvalue weighted by molar-refractivity contribution is -0.139. The second-order valence-corrected chi connectivity index (χ2v) is 5.04. The fraction of sp³-hybridized carbons (Fsp3) is 0.417. The van der Waals surface area contributed by atoms with Crippen molar-refractivity contribution in [1.29, 1.82) is 0 Å².